The van der Waals surface area contributed by atoms with Gasteiger partial charge in [-0.3, -0.25) is 19.8 Å². The standard InChI is InChI=1S/C22H31N3O3/c1-24(14-12-17-8-4-2-5-9-17)19(18-10-6-3-7-11-18)13-15-25-21(27)16-20(26)23-22(25)28/h2,4-5,8-9,18-19H,3,6-7,10-16H2,1H3,(H,23,26,28). The Hall–Kier alpha value is -2.21. The molecule has 0 aromatic heterocycles. The second-order valence-corrected chi connectivity index (χ2v) is 8.05. The molecule has 1 atom stereocenters. The topological polar surface area (TPSA) is 69.7 Å². The van der Waals surface area contributed by atoms with Gasteiger partial charge in [-0.15, -0.1) is 0 Å². The van der Waals surface area contributed by atoms with Crippen LogP contribution in [0.25, 0.3) is 0 Å². The first kappa shape index (κ1) is 20.5. The molecule has 1 aromatic rings. The molecule has 1 unspecified atom stereocenters. The average molecular weight is 386 g/mol. The zero-order chi connectivity index (χ0) is 19.9. The van der Waals surface area contributed by atoms with Gasteiger partial charge < -0.3 is 4.90 Å². The SMILES string of the molecule is CN(CCc1ccccc1)C(CCN1C(=O)CC(=O)NC1=O)C1CCCCC1. The average Bonchev–Trinajstić information content (AvgIpc) is 2.69. The number of likely N-dealkylation sites (N-methyl/N-ethyl adjacent to an activating group) is 1. The molecule has 0 spiro atoms. The number of nitrogens with zero attached hydrogens (tertiary/aromatic N) is 2. The Morgan fingerprint density at radius 2 is 1.82 bits per heavy atom. The molecule has 6 heteroatoms. The molecule has 1 aromatic carbocycles. The van der Waals surface area contributed by atoms with Crippen LogP contribution in [0.5, 0.6) is 0 Å². The van der Waals surface area contributed by atoms with E-state index >= 15 is 0 Å². The van der Waals surface area contributed by atoms with E-state index in [0.717, 1.165) is 19.4 Å². The molecule has 1 N–H and O–H groups in total. The fourth-order valence-corrected chi connectivity index (χ4v) is 4.52. The Balaban J connectivity index is 1.62. The summed E-state index contributed by atoms with van der Waals surface area (Å²) < 4.78 is 0. The summed E-state index contributed by atoms with van der Waals surface area (Å²) in [5, 5.41) is 2.25. The van der Waals surface area contributed by atoms with Crippen LogP contribution < -0.4 is 5.32 Å². The minimum atomic E-state index is -0.574. The van der Waals surface area contributed by atoms with Crippen molar-refractivity contribution in [2.24, 2.45) is 5.92 Å². The largest absolute Gasteiger partial charge is 0.330 e. The lowest BCUT2D eigenvalue weighted by Crippen LogP contribution is -2.54. The highest BCUT2D eigenvalue weighted by molar-refractivity contribution is 6.14. The van der Waals surface area contributed by atoms with Crippen molar-refractivity contribution >= 4 is 17.8 Å². The van der Waals surface area contributed by atoms with Crippen LogP contribution in [0.15, 0.2) is 30.3 Å². The van der Waals surface area contributed by atoms with Gasteiger partial charge in [0.1, 0.15) is 6.42 Å². The molecule has 1 aliphatic carbocycles. The molecule has 2 fully saturated rings. The minimum absolute atomic E-state index is 0.232. The van der Waals surface area contributed by atoms with Gasteiger partial charge >= 0.3 is 6.03 Å². The Morgan fingerprint density at radius 1 is 1.11 bits per heavy atom. The first-order valence-corrected chi connectivity index (χ1v) is 10.4. The molecular formula is C22H31N3O3. The number of amides is 4. The van der Waals surface area contributed by atoms with Crippen molar-refractivity contribution in [3.8, 4) is 0 Å². The van der Waals surface area contributed by atoms with Gasteiger partial charge in [0.05, 0.1) is 0 Å². The summed E-state index contributed by atoms with van der Waals surface area (Å²) in [7, 11) is 2.16. The van der Waals surface area contributed by atoms with Crippen molar-refractivity contribution in [1.82, 2.24) is 15.1 Å². The predicted octanol–water partition coefficient (Wildman–Crippen LogP) is 2.97. The van der Waals surface area contributed by atoms with Gasteiger partial charge in [0, 0.05) is 19.1 Å². The van der Waals surface area contributed by atoms with E-state index in [9.17, 15) is 14.4 Å². The Morgan fingerprint density at radius 3 is 2.50 bits per heavy atom. The van der Waals surface area contributed by atoms with Crippen molar-refractivity contribution in [2.45, 2.75) is 57.4 Å². The first-order valence-electron chi connectivity index (χ1n) is 10.4. The van der Waals surface area contributed by atoms with E-state index in [0.29, 0.717) is 18.5 Å². The molecule has 1 saturated carbocycles. The van der Waals surface area contributed by atoms with Gasteiger partial charge in [0.25, 0.3) is 0 Å². The third-order valence-corrected chi connectivity index (χ3v) is 6.11. The third kappa shape index (κ3) is 5.41. The molecule has 0 radical (unpaired) electrons. The Labute approximate surface area is 167 Å². The van der Waals surface area contributed by atoms with E-state index in [1.54, 1.807) is 0 Å². The monoisotopic (exact) mass is 385 g/mol. The third-order valence-electron chi connectivity index (χ3n) is 6.11. The molecule has 0 bridgehead atoms. The van der Waals surface area contributed by atoms with Crippen molar-refractivity contribution in [3.63, 3.8) is 0 Å². The zero-order valence-corrected chi connectivity index (χ0v) is 16.7. The molecule has 152 valence electrons. The molecule has 1 heterocycles. The summed E-state index contributed by atoms with van der Waals surface area (Å²) in [5.41, 5.74) is 1.32. The van der Waals surface area contributed by atoms with Gasteiger partial charge in [-0.2, -0.15) is 0 Å². The highest BCUT2D eigenvalue weighted by Gasteiger charge is 2.33. The summed E-state index contributed by atoms with van der Waals surface area (Å²) in [6.07, 6.45) is 7.73. The summed E-state index contributed by atoms with van der Waals surface area (Å²) >= 11 is 0. The quantitative estimate of drug-likeness (QED) is 0.699. The lowest BCUT2D eigenvalue weighted by Gasteiger charge is -2.38. The number of carbonyl (C=O) groups excluding carboxylic acids is 3. The summed E-state index contributed by atoms with van der Waals surface area (Å²) in [6, 6.07) is 10.2. The van der Waals surface area contributed by atoms with Crippen LogP contribution in [-0.4, -0.2) is 53.8 Å². The van der Waals surface area contributed by atoms with Crippen LogP contribution in [0, 0.1) is 5.92 Å². The lowest BCUT2D eigenvalue weighted by atomic mass is 9.82. The van der Waals surface area contributed by atoms with E-state index in [2.05, 4.69) is 41.5 Å². The second-order valence-electron chi connectivity index (χ2n) is 8.05. The predicted molar refractivity (Wildman–Crippen MR) is 108 cm³/mol. The fourth-order valence-electron chi connectivity index (χ4n) is 4.52. The van der Waals surface area contributed by atoms with Crippen LogP contribution >= 0.6 is 0 Å². The lowest BCUT2D eigenvalue weighted by molar-refractivity contribution is -0.136. The maximum atomic E-state index is 12.1. The molecule has 1 aliphatic heterocycles. The van der Waals surface area contributed by atoms with Gasteiger partial charge in [-0.25, -0.2) is 4.79 Å². The van der Waals surface area contributed by atoms with Gasteiger partial charge in [0.15, 0.2) is 0 Å². The Kier molecular flexibility index (Phi) is 7.20. The molecular weight excluding hydrogens is 354 g/mol. The fraction of sp³-hybridized carbons (Fsp3) is 0.591. The second kappa shape index (κ2) is 9.82. The van der Waals surface area contributed by atoms with E-state index < -0.39 is 11.9 Å². The van der Waals surface area contributed by atoms with Crippen LogP contribution in [0.3, 0.4) is 0 Å². The number of barbiturate groups is 1. The van der Waals surface area contributed by atoms with E-state index in [4.69, 9.17) is 0 Å². The van der Waals surface area contributed by atoms with Crippen LogP contribution in [0.1, 0.15) is 50.5 Å². The summed E-state index contributed by atoms with van der Waals surface area (Å²) in [5.74, 6) is -0.294. The van der Waals surface area contributed by atoms with E-state index in [1.165, 1.54) is 42.6 Å². The zero-order valence-electron chi connectivity index (χ0n) is 16.7. The smallest absolute Gasteiger partial charge is 0.303 e. The van der Waals surface area contributed by atoms with Crippen LogP contribution in [0.2, 0.25) is 0 Å². The molecule has 2 aliphatic rings. The number of urea groups is 1. The number of carbonyl (C=O) groups is 3. The number of benzene rings is 1. The maximum absolute atomic E-state index is 12.1. The number of imide groups is 2. The molecule has 3 rings (SSSR count). The molecule has 4 amide bonds. The Bertz CT molecular complexity index is 666. The number of hydrogen-bond donors (Lipinski definition) is 1. The molecule has 6 nitrogen and oxygen atoms in total. The molecule has 1 saturated heterocycles. The van der Waals surface area contributed by atoms with Gasteiger partial charge in [-0.1, -0.05) is 49.6 Å². The normalized spacial score (nSPS) is 19.8. The van der Waals surface area contributed by atoms with Crippen molar-refractivity contribution in [3.05, 3.63) is 35.9 Å². The highest BCUT2D eigenvalue weighted by Crippen LogP contribution is 2.30. The van der Waals surface area contributed by atoms with Crippen molar-refractivity contribution in [1.29, 1.82) is 0 Å². The highest BCUT2D eigenvalue weighted by atomic mass is 16.2. The van der Waals surface area contributed by atoms with Crippen LogP contribution in [-0.2, 0) is 16.0 Å². The van der Waals surface area contributed by atoms with Crippen molar-refractivity contribution < 1.29 is 14.4 Å². The van der Waals surface area contributed by atoms with Gasteiger partial charge in [0.2, 0.25) is 11.8 Å². The maximum Gasteiger partial charge on any atom is 0.330 e. The number of rotatable bonds is 8. The van der Waals surface area contributed by atoms with Gasteiger partial charge in [-0.05, 0) is 44.2 Å². The molecule has 28 heavy (non-hydrogen) atoms. The van der Waals surface area contributed by atoms with E-state index in [-0.39, 0.29) is 12.3 Å². The summed E-state index contributed by atoms with van der Waals surface area (Å²) in [4.78, 5) is 39.1. The minimum Gasteiger partial charge on any atom is -0.303 e. The number of hydrogen-bond acceptors (Lipinski definition) is 4. The first-order chi connectivity index (χ1) is 13.5. The van der Waals surface area contributed by atoms with E-state index in [1.807, 2.05) is 6.07 Å². The summed E-state index contributed by atoms with van der Waals surface area (Å²) in [6.45, 7) is 1.32. The number of nitrogens with one attached hydrogen (secondary N) is 1. The van der Waals surface area contributed by atoms with Crippen molar-refractivity contribution in [2.75, 3.05) is 20.1 Å². The van der Waals surface area contributed by atoms with Crippen LogP contribution in [0.4, 0.5) is 4.79 Å².